The van der Waals surface area contributed by atoms with Crippen LogP contribution in [0.5, 0.6) is 0 Å². The van der Waals surface area contributed by atoms with E-state index in [1.807, 2.05) is 83.6 Å². The minimum Gasteiger partial charge on any atom is -0.436 e. The van der Waals surface area contributed by atoms with Crippen LogP contribution in [0.2, 0.25) is 0 Å². The number of nitrogens with zero attached hydrogens (tertiary/aromatic N) is 3. The van der Waals surface area contributed by atoms with Gasteiger partial charge in [-0.15, -0.1) is 48.2 Å². The van der Waals surface area contributed by atoms with E-state index < -0.39 is 0 Å². The van der Waals surface area contributed by atoms with Crippen LogP contribution in [0.25, 0.3) is 17.1 Å². The van der Waals surface area contributed by atoms with E-state index in [0.29, 0.717) is 6.42 Å². The van der Waals surface area contributed by atoms with E-state index in [2.05, 4.69) is 12.3 Å². The average Bonchev–Trinajstić information content (AvgIpc) is 3.18. The van der Waals surface area contributed by atoms with Crippen LogP contribution in [0.15, 0.2) is 79.0 Å². The molecule has 0 radical (unpaired) electrons. The van der Waals surface area contributed by atoms with Crippen molar-refractivity contribution in [3.05, 3.63) is 103 Å². The molecule has 4 aromatic rings. The van der Waals surface area contributed by atoms with Crippen LogP contribution in [0.3, 0.4) is 0 Å². The normalized spacial score (nSPS) is 10.2. The molecule has 0 unspecified atom stereocenters. The Balaban J connectivity index is 0.00000182. The molecule has 1 aromatic carbocycles. The fourth-order valence-corrected chi connectivity index (χ4v) is 2.60. The Hall–Kier alpha value is -2.51. The standard InChI is InChI=1S/C21H15N3.Pt/c1-2-8-17(9-3-1)20-12-6-10-18(22-20)16-19-11-7-13-21(23-19)24-14-4-5-15-24;/h1-8,10-14H,16H2;/q-2;+2. The van der Waals surface area contributed by atoms with Crippen LogP contribution < -0.4 is 0 Å². The van der Waals surface area contributed by atoms with Crippen LogP contribution in [0.1, 0.15) is 11.4 Å². The second-order valence-corrected chi connectivity index (χ2v) is 5.46. The van der Waals surface area contributed by atoms with E-state index in [0.717, 1.165) is 28.5 Å². The SMILES string of the molecule is [Pt+2].[c-]1ccccc1-c1cccc(Cc2cccc(-n3[c-]ccc3)n2)n1. The average molecular weight is 504 g/mol. The first kappa shape index (κ1) is 17.3. The molecule has 0 aliphatic rings. The van der Waals surface area contributed by atoms with Gasteiger partial charge in [-0.3, -0.25) is 4.98 Å². The summed E-state index contributed by atoms with van der Waals surface area (Å²) < 4.78 is 1.88. The van der Waals surface area contributed by atoms with E-state index in [1.165, 1.54) is 0 Å². The fraction of sp³-hybridized carbons (Fsp3) is 0.0476. The Bertz CT molecular complexity index is 934. The zero-order chi connectivity index (χ0) is 16.2. The molecule has 0 saturated heterocycles. The summed E-state index contributed by atoms with van der Waals surface area (Å²) in [7, 11) is 0. The first-order valence-electron chi connectivity index (χ1n) is 7.83. The molecular formula is C21H15N3Pt. The number of hydrogen-bond acceptors (Lipinski definition) is 2. The van der Waals surface area contributed by atoms with E-state index in [9.17, 15) is 0 Å². The molecule has 0 aliphatic heterocycles. The summed E-state index contributed by atoms with van der Waals surface area (Å²) in [5.74, 6) is 0.866. The molecule has 4 rings (SSSR count). The largest absolute Gasteiger partial charge is 2.00 e. The molecule has 3 aromatic heterocycles. The topological polar surface area (TPSA) is 30.7 Å². The van der Waals surface area contributed by atoms with Gasteiger partial charge in [0.05, 0.1) is 5.82 Å². The van der Waals surface area contributed by atoms with Gasteiger partial charge in [-0.05, 0) is 17.8 Å². The quantitative estimate of drug-likeness (QED) is 0.392. The van der Waals surface area contributed by atoms with Crippen LogP contribution in [-0.2, 0) is 27.5 Å². The second kappa shape index (κ2) is 8.04. The van der Waals surface area contributed by atoms with Gasteiger partial charge >= 0.3 is 21.1 Å². The van der Waals surface area contributed by atoms with Crippen molar-refractivity contribution in [1.82, 2.24) is 14.5 Å². The Morgan fingerprint density at radius 3 is 2.40 bits per heavy atom. The maximum Gasteiger partial charge on any atom is 2.00 e. The Morgan fingerprint density at radius 1 is 0.800 bits per heavy atom. The zero-order valence-electron chi connectivity index (χ0n) is 13.4. The fourth-order valence-electron chi connectivity index (χ4n) is 2.60. The smallest absolute Gasteiger partial charge is 0.436 e. The number of aromatic nitrogens is 3. The molecule has 0 fully saturated rings. The Morgan fingerprint density at radius 2 is 1.64 bits per heavy atom. The maximum absolute atomic E-state index is 4.74. The predicted molar refractivity (Wildman–Crippen MR) is 93.7 cm³/mol. The van der Waals surface area contributed by atoms with Gasteiger partial charge in [0.25, 0.3) is 0 Å². The molecule has 0 bridgehead atoms. The third-order valence-corrected chi connectivity index (χ3v) is 3.74. The molecule has 0 N–H and O–H groups in total. The molecule has 124 valence electrons. The number of benzene rings is 1. The van der Waals surface area contributed by atoms with Crippen LogP contribution in [0.4, 0.5) is 0 Å². The number of hydrogen-bond donors (Lipinski definition) is 0. The second-order valence-electron chi connectivity index (χ2n) is 5.46. The molecule has 0 saturated carbocycles. The summed E-state index contributed by atoms with van der Waals surface area (Å²) in [5, 5.41) is 0. The van der Waals surface area contributed by atoms with E-state index in [-0.39, 0.29) is 21.1 Å². The molecule has 0 amide bonds. The predicted octanol–water partition coefficient (Wildman–Crippen LogP) is 4.12. The maximum atomic E-state index is 4.74. The Kier molecular flexibility index (Phi) is 5.57. The van der Waals surface area contributed by atoms with E-state index in [4.69, 9.17) is 9.97 Å². The van der Waals surface area contributed by atoms with Crippen LogP contribution in [-0.4, -0.2) is 14.5 Å². The monoisotopic (exact) mass is 504 g/mol. The summed E-state index contributed by atoms with van der Waals surface area (Å²) >= 11 is 0. The Labute approximate surface area is 161 Å². The van der Waals surface area contributed by atoms with Gasteiger partial charge in [-0.2, -0.15) is 6.07 Å². The van der Waals surface area contributed by atoms with Crippen molar-refractivity contribution in [2.45, 2.75) is 6.42 Å². The minimum absolute atomic E-state index is 0. The molecule has 4 heteroatoms. The van der Waals surface area contributed by atoms with Gasteiger partial charge < -0.3 is 9.55 Å². The molecule has 3 nitrogen and oxygen atoms in total. The van der Waals surface area contributed by atoms with Gasteiger partial charge in [-0.1, -0.05) is 30.5 Å². The summed E-state index contributed by atoms with van der Waals surface area (Å²) in [6.45, 7) is 0. The molecular weight excluding hydrogens is 489 g/mol. The van der Waals surface area contributed by atoms with Crippen molar-refractivity contribution >= 4 is 0 Å². The van der Waals surface area contributed by atoms with Crippen LogP contribution >= 0.6 is 0 Å². The first-order chi connectivity index (χ1) is 11.9. The molecule has 0 atom stereocenters. The summed E-state index contributed by atoms with van der Waals surface area (Å²) in [6.07, 6.45) is 5.74. The van der Waals surface area contributed by atoms with Crippen molar-refractivity contribution < 1.29 is 21.1 Å². The number of rotatable bonds is 4. The first-order valence-corrected chi connectivity index (χ1v) is 7.83. The molecule has 0 spiro atoms. The van der Waals surface area contributed by atoms with Gasteiger partial charge in [-0.25, -0.2) is 0 Å². The van der Waals surface area contributed by atoms with Crippen molar-refractivity contribution in [3.8, 4) is 17.1 Å². The molecule has 0 aliphatic carbocycles. The summed E-state index contributed by atoms with van der Waals surface area (Å²) in [6, 6.07) is 27.0. The molecule has 25 heavy (non-hydrogen) atoms. The minimum atomic E-state index is 0. The van der Waals surface area contributed by atoms with Gasteiger partial charge in [0.1, 0.15) is 0 Å². The molecule has 3 heterocycles. The van der Waals surface area contributed by atoms with Gasteiger partial charge in [0, 0.05) is 17.8 Å². The van der Waals surface area contributed by atoms with E-state index in [1.54, 1.807) is 0 Å². The third-order valence-electron chi connectivity index (χ3n) is 3.74. The van der Waals surface area contributed by atoms with E-state index >= 15 is 0 Å². The summed E-state index contributed by atoms with van der Waals surface area (Å²) in [5.41, 5.74) is 3.91. The number of pyridine rings is 2. The van der Waals surface area contributed by atoms with Crippen molar-refractivity contribution in [2.24, 2.45) is 0 Å². The van der Waals surface area contributed by atoms with Gasteiger partial charge in [0.15, 0.2) is 0 Å². The van der Waals surface area contributed by atoms with Gasteiger partial charge in [0.2, 0.25) is 0 Å². The third kappa shape index (κ3) is 4.12. The van der Waals surface area contributed by atoms with Crippen LogP contribution in [0, 0.1) is 12.3 Å². The zero-order valence-corrected chi connectivity index (χ0v) is 15.6. The van der Waals surface area contributed by atoms with Crippen molar-refractivity contribution in [2.75, 3.05) is 0 Å². The van der Waals surface area contributed by atoms with Crippen molar-refractivity contribution in [1.29, 1.82) is 0 Å². The van der Waals surface area contributed by atoms with Crippen molar-refractivity contribution in [3.63, 3.8) is 0 Å². The summed E-state index contributed by atoms with van der Waals surface area (Å²) in [4.78, 5) is 9.44.